The lowest BCUT2D eigenvalue weighted by Gasteiger charge is -2.17. The third-order valence-corrected chi connectivity index (χ3v) is 3.48. The van der Waals surface area contributed by atoms with Gasteiger partial charge in [0.05, 0.1) is 0 Å². The Hall–Kier alpha value is -1.35. The van der Waals surface area contributed by atoms with Crippen molar-refractivity contribution in [1.29, 1.82) is 0 Å². The van der Waals surface area contributed by atoms with Crippen molar-refractivity contribution in [3.8, 4) is 0 Å². The molecule has 0 radical (unpaired) electrons. The maximum Gasteiger partial charge on any atom is 0.220 e. The zero-order chi connectivity index (χ0) is 14.6. The van der Waals surface area contributed by atoms with Gasteiger partial charge >= 0.3 is 0 Å². The summed E-state index contributed by atoms with van der Waals surface area (Å²) in [7, 11) is 0. The van der Waals surface area contributed by atoms with Crippen molar-refractivity contribution >= 4 is 5.91 Å². The molecule has 0 aliphatic rings. The van der Waals surface area contributed by atoms with Crippen LogP contribution in [0.3, 0.4) is 0 Å². The van der Waals surface area contributed by atoms with E-state index < -0.39 is 0 Å². The third-order valence-electron chi connectivity index (χ3n) is 3.48. The molecule has 0 aliphatic carbocycles. The van der Waals surface area contributed by atoms with Gasteiger partial charge in [-0.3, -0.25) is 4.79 Å². The number of hydrogen-bond donors (Lipinski definition) is 2. The molecule has 0 spiro atoms. The minimum absolute atomic E-state index is 0.0422. The summed E-state index contributed by atoms with van der Waals surface area (Å²) in [6.45, 7) is 2.68. The molecule has 1 rings (SSSR count). The van der Waals surface area contributed by atoms with Crippen molar-refractivity contribution in [3.63, 3.8) is 0 Å². The standard InChI is InChI=1S/C17H28N2O/c1-2-3-4-5-9-12-17(20)19-16(14-18)13-15-10-7-6-8-11-15/h6-8,10-11,16H,2-5,9,12-14,18H2,1H3,(H,19,20). The van der Waals surface area contributed by atoms with Crippen molar-refractivity contribution < 1.29 is 4.79 Å². The normalized spacial score (nSPS) is 12.1. The predicted octanol–water partition coefficient (Wildman–Crippen LogP) is 3.03. The highest BCUT2D eigenvalue weighted by atomic mass is 16.1. The molecule has 1 aromatic carbocycles. The van der Waals surface area contributed by atoms with Gasteiger partial charge < -0.3 is 11.1 Å². The van der Waals surface area contributed by atoms with Crippen molar-refractivity contribution in [3.05, 3.63) is 35.9 Å². The van der Waals surface area contributed by atoms with Crippen LogP contribution >= 0.6 is 0 Å². The van der Waals surface area contributed by atoms with Crippen LogP contribution in [0, 0.1) is 0 Å². The van der Waals surface area contributed by atoms with E-state index in [-0.39, 0.29) is 11.9 Å². The Kier molecular flexibility index (Phi) is 8.72. The summed E-state index contributed by atoms with van der Waals surface area (Å²) in [6, 6.07) is 10.2. The van der Waals surface area contributed by atoms with Gasteiger partial charge in [0.25, 0.3) is 0 Å². The number of carbonyl (C=O) groups is 1. The molecule has 0 aromatic heterocycles. The van der Waals surface area contributed by atoms with E-state index in [0.717, 1.165) is 19.3 Å². The van der Waals surface area contributed by atoms with Crippen molar-refractivity contribution in [2.75, 3.05) is 6.54 Å². The second-order valence-corrected chi connectivity index (χ2v) is 5.35. The largest absolute Gasteiger partial charge is 0.352 e. The van der Waals surface area contributed by atoms with Gasteiger partial charge in [0.15, 0.2) is 0 Å². The minimum Gasteiger partial charge on any atom is -0.352 e. The Balaban J connectivity index is 2.24. The average Bonchev–Trinajstić information content (AvgIpc) is 2.47. The number of rotatable bonds is 10. The number of nitrogens with one attached hydrogen (secondary N) is 1. The van der Waals surface area contributed by atoms with Crippen molar-refractivity contribution in [2.24, 2.45) is 5.73 Å². The molecule has 0 aliphatic heterocycles. The van der Waals surface area contributed by atoms with Gasteiger partial charge in [0.2, 0.25) is 5.91 Å². The highest BCUT2D eigenvalue weighted by molar-refractivity contribution is 5.76. The van der Waals surface area contributed by atoms with E-state index in [2.05, 4.69) is 24.4 Å². The highest BCUT2D eigenvalue weighted by Gasteiger charge is 2.10. The lowest BCUT2D eigenvalue weighted by Crippen LogP contribution is -2.41. The highest BCUT2D eigenvalue weighted by Crippen LogP contribution is 2.06. The van der Waals surface area contributed by atoms with Crippen LogP contribution < -0.4 is 11.1 Å². The molecule has 0 heterocycles. The predicted molar refractivity (Wildman–Crippen MR) is 84.5 cm³/mol. The summed E-state index contributed by atoms with van der Waals surface area (Å²) in [5.41, 5.74) is 6.96. The molecule has 3 heteroatoms. The first-order valence-corrected chi connectivity index (χ1v) is 7.79. The first-order valence-electron chi connectivity index (χ1n) is 7.79. The average molecular weight is 276 g/mol. The molecule has 1 amide bonds. The number of hydrogen-bond acceptors (Lipinski definition) is 2. The van der Waals surface area contributed by atoms with Crippen molar-refractivity contribution in [1.82, 2.24) is 5.32 Å². The first kappa shape index (κ1) is 16.7. The van der Waals surface area contributed by atoms with Crippen LogP contribution in [0.4, 0.5) is 0 Å². The molecule has 20 heavy (non-hydrogen) atoms. The van der Waals surface area contributed by atoms with Crippen LogP contribution in [0.5, 0.6) is 0 Å². The molecule has 1 aromatic rings. The molecule has 1 unspecified atom stereocenters. The van der Waals surface area contributed by atoms with Gasteiger partial charge in [-0.15, -0.1) is 0 Å². The van der Waals surface area contributed by atoms with E-state index in [1.54, 1.807) is 0 Å². The number of amides is 1. The third kappa shape index (κ3) is 7.29. The summed E-state index contributed by atoms with van der Waals surface area (Å²) >= 11 is 0. The molecule has 0 bridgehead atoms. The monoisotopic (exact) mass is 276 g/mol. The summed E-state index contributed by atoms with van der Waals surface area (Å²) < 4.78 is 0. The van der Waals surface area contributed by atoms with Crippen LogP contribution in [0.2, 0.25) is 0 Å². The maximum absolute atomic E-state index is 11.9. The Labute approximate surface area is 122 Å². The Morgan fingerprint density at radius 1 is 1.15 bits per heavy atom. The first-order chi connectivity index (χ1) is 9.76. The SMILES string of the molecule is CCCCCCCC(=O)NC(CN)Cc1ccccc1. The summed E-state index contributed by atoms with van der Waals surface area (Å²) in [6.07, 6.45) is 7.28. The molecule has 0 fully saturated rings. The quantitative estimate of drug-likeness (QED) is 0.645. The fraction of sp³-hybridized carbons (Fsp3) is 0.588. The Morgan fingerprint density at radius 2 is 1.85 bits per heavy atom. The second kappa shape index (κ2) is 10.4. The lowest BCUT2D eigenvalue weighted by molar-refractivity contribution is -0.121. The maximum atomic E-state index is 11.9. The topological polar surface area (TPSA) is 55.1 Å². The summed E-state index contributed by atoms with van der Waals surface area (Å²) in [4.78, 5) is 11.9. The van der Waals surface area contributed by atoms with Gasteiger partial charge in [0, 0.05) is 19.0 Å². The molecule has 3 nitrogen and oxygen atoms in total. The van der Waals surface area contributed by atoms with E-state index in [1.807, 2.05) is 18.2 Å². The smallest absolute Gasteiger partial charge is 0.220 e. The van der Waals surface area contributed by atoms with E-state index in [0.29, 0.717) is 13.0 Å². The molecule has 0 saturated carbocycles. The fourth-order valence-electron chi connectivity index (χ4n) is 2.28. The second-order valence-electron chi connectivity index (χ2n) is 5.35. The van der Waals surface area contributed by atoms with Gasteiger partial charge in [-0.1, -0.05) is 62.9 Å². The van der Waals surface area contributed by atoms with E-state index >= 15 is 0 Å². The molecule has 3 N–H and O–H groups in total. The van der Waals surface area contributed by atoms with Crippen LogP contribution in [0.1, 0.15) is 51.0 Å². The van der Waals surface area contributed by atoms with E-state index in [9.17, 15) is 4.79 Å². The van der Waals surface area contributed by atoms with Gasteiger partial charge in [0.1, 0.15) is 0 Å². The van der Waals surface area contributed by atoms with E-state index in [4.69, 9.17) is 5.73 Å². The molecule has 112 valence electrons. The van der Waals surface area contributed by atoms with Gasteiger partial charge in [-0.05, 0) is 18.4 Å². The minimum atomic E-state index is 0.0422. The number of nitrogens with two attached hydrogens (primary N) is 1. The van der Waals surface area contributed by atoms with E-state index in [1.165, 1.54) is 24.8 Å². The number of benzene rings is 1. The van der Waals surface area contributed by atoms with Crippen LogP contribution in [0.25, 0.3) is 0 Å². The molecule has 1 atom stereocenters. The van der Waals surface area contributed by atoms with Crippen LogP contribution in [0.15, 0.2) is 30.3 Å². The van der Waals surface area contributed by atoms with Crippen LogP contribution in [-0.4, -0.2) is 18.5 Å². The number of unbranched alkanes of at least 4 members (excludes halogenated alkanes) is 4. The van der Waals surface area contributed by atoms with Gasteiger partial charge in [-0.2, -0.15) is 0 Å². The zero-order valence-electron chi connectivity index (χ0n) is 12.6. The fourth-order valence-corrected chi connectivity index (χ4v) is 2.28. The lowest BCUT2D eigenvalue weighted by atomic mass is 10.1. The van der Waals surface area contributed by atoms with Crippen LogP contribution in [-0.2, 0) is 11.2 Å². The Morgan fingerprint density at radius 3 is 2.50 bits per heavy atom. The summed E-state index contributed by atoms with van der Waals surface area (Å²) in [5.74, 6) is 0.132. The molecular formula is C17H28N2O. The van der Waals surface area contributed by atoms with Crippen molar-refractivity contribution in [2.45, 2.75) is 57.9 Å². The number of carbonyl (C=O) groups excluding carboxylic acids is 1. The summed E-state index contributed by atoms with van der Waals surface area (Å²) in [5, 5.41) is 3.04. The van der Waals surface area contributed by atoms with Gasteiger partial charge in [-0.25, -0.2) is 0 Å². The Bertz CT molecular complexity index is 365. The molecule has 0 saturated heterocycles. The molecular weight excluding hydrogens is 248 g/mol. The zero-order valence-corrected chi connectivity index (χ0v) is 12.6.